The summed E-state index contributed by atoms with van der Waals surface area (Å²) < 4.78 is 33.2. The number of hydrogen-bond acceptors (Lipinski definition) is 2. The zero-order valence-electron chi connectivity index (χ0n) is 18.8. The number of nitriles is 1. The molecule has 0 saturated heterocycles. The van der Waals surface area contributed by atoms with Crippen molar-refractivity contribution in [3.63, 3.8) is 0 Å². The summed E-state index contributed by atoms with van der Waals surface area (Å²) in [7, 11) is 0. The van der Waals surface area contributed by atoms with E-state index in [-0.39, 0.29) is 5.56 Å². The van der Waals surface area contributed by atoms with Crippen molar-refractivity contribution >= 4 is 38.6 Å². The van der Waals surface area contributed by atoms with Gasteiger partial charge in [0.1, 0.15) is 17.4 Å². The molecule has 0 fully saturated rings. The Hall–Kier alpha value is -5.02. The minimum Gasteiger partial charge on any atom is -0.278 e. The van der Waals surface area contributed by atoms with E-state index in [0.717, 1.165) is 50.4 Å². The summed E-state index contributed by atoms with van der Waals surface area (Å²) in [5, 5.41) is 11.4. The Labute approximate surface area is 203 Å². The van der Waals surface area contributed by atoms with E-state index in [1.54, 1.807) is 12.1 Å². The number of aromatic nitrogens is 3. The third kappa shape index (κ3) is 2.74. The molecule has 0 bridgehead atoms. The van der Waals surface area contributed by atoms with Gasteiger partial charge in [-0.05, 0) is 53.4 Å². The molecule has 0 radical (unpaired) electrons. The number of imidazole rings is 2. The van der Waals surface area contributed by atoms with E-state index >= 15 is 4.39 Å². The molecule has 0 amide bonds. The molecule has 6 heteroatoms. The van der Waals surface area contributed by atoms with E-state index < -0.39 is 17.2 Å². The number of fused-ring (bicyclic) bond motifs is 7. The van der Waals surface area contributed by atoms with E-state index in [2.05, 4.69) is 33.2 Å². The number of nitrogens with zero attached hydrogens (tertiary/aromatic N) is 4. The van der Waals surface area contributed by atoms with Crippen LogP contribution >= 0.6 is 0 Å². The summed E-state index contributed by atoms with van der Waals surface area (Å²) in [5.41, 5.74) is 4.63. The van der Waals surface area contributed by atoms with E-state index in [1.807, 2.05) is 54.6 Å². The second kappa shape index (κ2) is 7.49. The van der Waals surface area contributed by atoms with E-state index in [0.29, 0.717) is 5.56 Å². The van der Waals surface area contributed by atoms with Gasteiger partial charge in [-0.1, -0.05) is 54.6 Å². The second-order valence-corrected chi connectivity index (χ2v) is 8.67. The lowest BCUT2D eigenvalue weighted by molar-refractivity contribution is 0.579. The van der Waals surface area contributed by atoms with Crippen molar-refractivity contribution in [2.24, 2.45) is 0 Å². The molecule has 0 aliphatic rings. The quantitative estimate of drug-likeness (QED) is 0.264. The normalized spacial score (nSPS) is 11.6. The minimum absolute atomic E-state index is 0.168. The average Bonchev–Trinajstić information content (AvgIpc) is 3.43. The van der Waals surface area contributed by atoms with Gasteiger partial charge >= 0.3 is 0 Å². The fraction of sp³-hybridized carbons (Fsp3) is 0. The van der Waals surface area contributed by atoms with Crippen LogP contribution in [0.3, 0.4) is 0 Å². The van der Waals surface area contributed by atoms with Crippen molar-refractivity contribution in [3.05, 3.63) is 114 Å². The van der Waals surface area contributed by atoms with Gasteiger partial charge in [-0.3, -0.25) is 8.97 Å². The number of hydrogen-bond donors (Lipinski definition) is 0. The lowest BCUT2D eigenvalue weighted by Crippen LogP contribution is -1.94. The first-order valence-electron chi connectivity index (χ1n) is 11.4. The van der Waals surface area contributed by atoms with Gasteiger partial charge in [0.05, 0.1) is 22.1 Å². The first-order valence-corrected chi connectivity index (χ1v) is 11.4. The van der Waals surface area contributed by atoms with Gasteiger partial charge in [0, 0.05) is 16.6 Å². The van der Waals surface area contributed by atoms with E-state index in [9.17, 15) is 9.65 Å². The fourth-order valence-electron chi connectivity index (χ4n) is 5.08. The molecule has 2 heterocycles. The summed E-state index contributed by atoms with van der Waals surface area (Å²) in [6.07, 6.45) is 0. The Morgan fingerprint density at radius 1 is 0.778 bits per heavy atom. The zero-order chi connectivity index (χ0) is 24.4. The van der Waals surface area contributed by atoms with Crippen LogP contribution in [-0.2, 0) is 0 Å². The summed E-state index contributed by atoms with van der Waals surface area (Å²) in [4.78, 5) is 4.96. The third-order valence-corrected chi connectivity index (χ3v) is 6.71. The first kappa shape index (κ1) is 20.4. The van der Waals surface area contributed by atoms with Gasteiger partial charge in [-0.2, -0.15) is 5.26 Å². The lowest BCUT2D eigenvalue weighted by atomic mass is 10.0. The predicted octanol–water partition coefficient (Wildman–Crippen LogP) is 7.40. The number of halogens is 2. The van der Waals surface area contributed by atoms with Crippen LogP contribution in [0.4, 0.5) is 8.78 Å². The third-order valence-electron chi connectivity index (χ3n) is 6.71. The molecule has 170 valence electrons. The van der Waals surface area contributed by atoms with Crippen LogP contribution in [0.1, 0.15) is 5.56 Å². The molecule has 0 spiro atoms. The SMILES string of the molecule is N#Cc1c(F)ccc(-c2ccc3nc4n(-c5ccccc5)c5ccc6ccccc6c5n4c3c2)c1F. The highest BCUT2D eigenvalue weighted by molar-refractivity contribution is 6.08. The van der Waals surface area contributed by atoms with Crippen molar-refractivity contribution in [2.45, 2.75) is 0 Å². The molecule has 2 aromatic heterocycles. The second-order valence-electron chi connectivity index (χ2n) is 8.67. The Bertz CT molecular complexity index is 2030. The Balaban J connectivity index is 1.63. The van der Waals surface area contributed by atoms with Crippen molar-refractivity contribution in [2.75, 3.05) is 0 Å². The van der Waals surface area contributed by atoms with Crippen LogP contribution in [0, 0.1) is 23.0 Å². The van der Waals surface area contributed by atoms with Crippen LogP contribution in [0.15, 0.2) is 97.1 Å². The molecule has 5 aromatic carbocycles. The van der Waals surface area contributed by atoms with Gasteiger partial charge in [0.15, 0.2) is 5.82 Å². The minimum atomic E-state index is -0.871. The van der Waals surface area contributed by atoms with Crippen molar-refractivity contribution < 1.29 is 8.78 Å². The molecule has 4 nitrogen and oxygen atoms in total. The maximum atomic E-state index is 15.1. The van der Waals surface area contributed by atoms with Crippen LogP contribution in [0.2, 0.25) is 0 Å². The largest absolute Gasteiger partial charge is 0.278 e. The highest BCUT2D eigenvalue weighted by Gasteiger charge is 2.21. The van der Waals surface area contributed by atoms with E-state index in [4.69, 9.17) is 4.98 Å². The number of benzene rings is 5. The van der Waals surface area contributed by atoms with Gasteiger partial charge in [-0.15, -0.1) is 0 Å². The van der Waals surface area contributed by atoms with Crippen molar-refractivity contribution in [1.29, 1.82) is 5.26 Å². The molecule has 0 unspecified atom stereocenters. The van der Waals surface area contributed by atoms with Crippen LogP contribution in [0.25, 0.3) is 55.4 Å². The lowest BCUT2D eigenvalue weighted by Gasteiger charge is -2.07. The fourth-order valence-corrected chi connectivity index (χ4v) is 5.08. The standard InChI is InChI=1S/C30H16F2N4/c31-24-13-12-21(28(32)23(24)17-33)19-10-14-25-27(16-19)36-29-22-9-5-4-6-18(22)11-15-26(29)35(30(36)34-25)20-7-2-1-3-8-20/h1-16H. The predicted molar refractivity (Wildman–Crippen MR) is 137 cm³/mol. The molecule has 0 aliphatic carbocycles. The average molecular weight is 470 g/mol. The summed E-state index contributed by atoms with van der Waals surface area (Å²) >= 11 is 0. The van der Waals surface area contributed by atoms with Crippen molar-refractivity contribution in [1.82, 2.24) is 14.0 Å². The van der Waals surface area contributed by atoms with Gasteiger partial charge in [0.2, 0.25) is 5.78 Å². The van der Waals surface area contributed by atoms with Gasteiger partial charge in [-0.25, -0.2) is 13.8 Å². The Morgan fingerprint density at radius 2 is 1.58 bits per heavy atom. The Kier molecular flexibility index (Phi) is 4.24. The first-order chi connectivity index (χ1) is 17.7. The maximum absolute atomic E-state index is 15.1. The number of para-hydroxylation sites is 1. The number of rotatable bonds is 2. The molecule has 0 saturated carbocycles. The molecular weight excluding hydrogens is 454 g/mol. The van der Waals surface area contributed by atoms with Crippen molar-refractivity contribution in [3.8, 4) is 22.9 Å². The topological polar surface area (TPSA) is 46.0 Å². The van der Waals surface area contributed by atoms with Crippen LogP contribution in [0.5, 0.6) is 0 Å². The highest BCUT2D eigenvalue weighted by atomic mass is 19.1. The summed E-state index contributed by atoms with van der Waals surface area (Å²) in [6, 6.07) is 32.0. The molecule has 0 atom stereocenters. The monoisotopic (exact) mass is 470 g/mol. The molecule has 36 heavy (non-hydrogen) atoms. The van der Waals surface area contributed by atoms with Gasteiger partial charge in [0.25, 0.3) is 0 Å². The molecule has 7 rings (SSSR count). The van der Waals surface area contributed by atoms with Gasteiger partial charge < -0.3 is 0 Å². The highest BCUT2D eigenvalue weighted by Crippen LogP contribution is 2.36. The zero-order valence-corrected chi connectivity index (χ0v) is 18.8. The maximum Gasteiger partial charge on any atom is 0.220 e. The van der Waals surface area contributed by atoms with E-state index in [1.165, 1.54) is 6.07 Å². The van der Waals surface area contributed by atoms with Crippen LogP contribution < -0.4 is 0 Å². The summed E-state index contributed by atoms with van der Waals surface area (Å²) in [6.45, 7) is 0. The molecule has 0 aliphatic heterocycles. The smallest absolute Gasteiger partial charge is 0.220 e. The summed E-state index contributed by atoms with van der Waals surface area (Å²) in [5.74, 6) is -1.00. The molecule has 0 N–H and O–H groups in total. The van der Waals surface area contributed by atoms with Crippen LogP contribution in [-0.4, -0.2) is 14.0 Å². The Morgan fingerprint density at radius 3 is 2.42 bits per heavy atom. The molecule has 7 aromatic rings. The molecular formula is C30H16F2N4.